The van der Waals surface area contributed by atoms with Crippen molar-refractivity contribution in [3.05, 3.63) is 59.2 Å². The lowest BCUT2D eigenvalue weighted by Crippen LogP contribution is -2.28. The first kappa shape index (κ1) is 16.6. The lowest BCUT2D eigenvalue weighted by Gasteiger charge is -2.20. The van der Waals surface area contributed by atoms with Crippen LogP contribution in [0, 0.1) is 6.92 Å². The van der Waals surface area contributed by atoms with Crippen molar-refractivity contribution in [1.29, 1.82) is 0 Å². The van der Waals surface area contributed by atoms with Gasteiger partial charge in [0.05, 0.1) is 6.04 Å². The summed E-state index contributed by atoms with van der Waals surface area (Å²) in [5.41, 5.74) is 2.43. The van der Waals surface area contributed by atoms with Gasteiger partial charge in [-0.05, 0) is 45.0 Å². The zero-order valence-electron chi connectivity index (χ0n) is 14.6. The Morgan fingerprint density at radius 3 is 2.71 bits per heavy atom. The Morgan fingerprint density at radius 2 is 2.04 bits per heavy atom. The third-order valence-electron chi connectivity index (χ3n) is 4.52. The Bertz CT molecular complexity index is 717. The lowest BCUT2D eigenvalue weighted by molar-refractivity contribution is 0.0778. The van der Waals surface area contributed by atoms with Crippen LogP contribution in [-0.4, -0.2) is 46.3 Å². The Labute approximate surface area is 143 Å². The molecule has 1 unspecified atom stereocenters. The maximum absolute atomic E-state index is 12.8. The number of benzene rings is 1. The van der Waals surface area contributed by atoms with Gasteiger partial charge in [0.25, 0.3) is 5.91 Å². The first-order valence-corrected chi connectivity index (χ1v) is 8.40. The zero-order chi connectivity index (χ0) is 17.1. The number of hydrogen-bond donors (Lipinski definition) is 0. The van der Waals surface area contributed by atoms with Crippen LogP contribution in [0.5, 0.6) is 0 Å². The van der Waals surface area contributed by atoms with E-state index in [1.807, 2.05) is 44.3 Å². The molecule has 0 aliphatic carbocycles. The van der Waals surface area contributed by atoms with Gasteiger partial charge in [0, 0.05) is 19.3 Å². The average molecular weight is 324 g/mol. The van der Waals surface area contributed by atoms with Gasteiger partial charge < -0.3 is 4.90 Å². The van der Waals surface area contributed by atoms with Gasteiger partial charge in [0.15, 0.2) is 0 Å². The minimum atomic E-state index is -0.0637. The number of aryl methyl sites for hydroxylation is 1. The molecular formula is C19H24N4O. The molecule has 1 aliphatic heterocycles. The number of amides is 1. The molecule has 0 bridgehead atoms. The minimum Gasteiger partial charge on any atom is -0.336 e. The van der Waals surface area contributed by atoms with E-state index in [1.165, 1.54) is 0 Å². The highest BCUT2D eigenvalue weighted by Gasteiger charge is 2.26. The second-order valence-electron chi connectivity index (χ2n) is 6.54. The van der Waals surface area contributed by atoms with E-state index in [9.17, 15) is 4.79 Å². The van der Waals surface area contributed by atoms with Crippen LogP contribution >= 0.6 is 0 Å². The smallest absolute Gasteiger partial charge is 0.272 e. The van der Waals surface area contributed by atoms with Gasteiger partial charge >= 0.3 is 0 Å². The molecule has 1 fully saturated rings. The summed E-state index contributed by atoms with van der Waals surface area (Å²) in [5, 5.41) is 0. The highest BCUT2D eigenvalue weighted by Crippen LogP contribution is 2.28. The van der Waals surface area contributed by atoms with Crippen LogP contribution in [0.4, 0.5) is 0 Å². The van der Waals surface area contributed by atoms with Crippen molar-refractivity contribution < 1.29 is 4.79 Å². The van der Waals surface area contributed by atoms with Crippen molar-refractivity contribution in [2.24, 2.45) is 0 Å². The molecule has 0 radical (unpaired) electrons. The van der Waals surface area contributed by atoms with E-state index in [2.05, 4.69) is 21.9 Å². The van der Waals surface area contributed by atoms with E-state index in [4.69, 9.17) is 0 Å². The molecule has 1 amide bonds. The molecular weight excluding hydrogens is 300 g/mol. The second-order valence-corrected chi connectivity index (χ2v) is 6.54. The fourth-order valence-electron chi connectivity index (χ4n) is 3.21. The molecule has 1 aliphatic rings. The summed E-state index contributed by atoms with van der Waals surface area (Å²) in [5.74, 6) is 0.706. The third-order valence-corrected chi connectivity index (χ3v) is 4.52. The summed E-state index contributed by atoms with van der Waals surface area (Å²) < 4.78 is 0. The van der Waals surface area contributed by atoms with Crippen molar-refractivity contribution in [2.75, 3.05) is 20.6 Å². The third kappa shape index (κ3) is 3.62. The van der Waals surface area contributed by atoms with Crippen LogP contribution in [0.15, 0.2) is 36.4 Å². The largest absolute Gasteiger partial charge is 0.336 e. The van der Waals surface area contributed by atoms with Crippen LogP contribution in [0.2, 0.25) is 0 Å². The molecule has 2 aromatic rings. The highest BCUT2D eigenvalue weighted by atomic mass is 16.2. The summed E-state index contributed by atoms with van der Waals surface area (Å²) in [4.78, 5) is 25.9. The molecule has 1 atom stereocenters. The fourth-order valence-corrected chi connectivity index (χ4v) is 3.21. The minimum absolute atomic E-state index is 0.0637. The van der Waals surface area contributed by atoms with Crippen molar-refractivity contribution >= 4 is 5.91 Å². The summed E-state index contributed by atoms with van der Waals surface area (Å²) in [6.45, 7) is 3.55. The second kappa shape index (κ2) is 7.09. The molecule has 3 rings (SSSR count). The summed E-state index contributed by atoms with van der Waals surface area (Å²) in [6, 6.07) is 12.0. The van der Waals surface area contributed by atoms with Crippen LogP contribution in [0.3, 0.4) is 0 Å². The van der Waals surface area contributed by atoms with E-state index in [0.717, 1.165) is 36.5 Å². The molecule has 0 saturated carbocycles. The fraction of sp³-hybridized carbons (Fsp3) is 0.421. The SMILES string of the molecule is Cc1cc(C(=O)N(C)Cc2ccccc2)nc(C2CCCN2C)n1. The van der Waals surface area contributed by atoms with Gasteiger partial charge in [-0.1, -0.05) is 30.3 Å². The normalized spacial score (nSPS) is 17.9. The Kier molecular flexibility index (Phi) is 4.90. The summed E-state index contributed by atoms with van der Waals surface area (Å²) >= 11 is 0. The summed E-state index contributed by atoms with van der Waals surface area (Å²) in [6.07, 6.45) is 2.20. The maximum Gasteiger partial charge on any atom is 0.272 e. The van der Waals surface area contributed by atoms with Crippen molar-refractivity contribution in [3.8, 4) is 0 Å². The van der Waals surface area contributed by atoms with Gasteiger partial charge in [0.2, 0.25) is 0 Å². The number of carbonyl (C=O) groups excluding carboxylic acids is 1. The topological polar surface area (TPSA) is 49.3 Å². The van der Waals surface area contributed by atoms with Crippen LogP contribution in [0.1, 0.15) is 46.5 Å². The first-order chi connectivity index (χ1) is 11.5. The average Bonchev–Trinajstić information content (AvgIpc) is 3.00. The number of nitrogens with zero attached hydrogens (tertiary/aromatic N) is 4. The van der Waals surface area contributed by atoms with Crippen molar-refractivity contribution in [2.45, 2.75) is 32.4 Å². The van der Waals surface area contributed by atoms with Crippen molar-refractivity contribution in [1.82, 2.24) is 19.8 Å². The van der Waals surface area contributed by atoms with E-state index < -0.39 is 0 Å². The monoisotopic (exact) mass is 324 g/mol. The first-order valence-electron chi connectivity index (χ1n) is 8.40. The molecule has 5 heteroatoms. The predicted molar refractivity (Wildman–Crippen MR) is 93.6 cm³/mol. The van der Waals surface area contributed by atoms with Gasteiger partial charge in [0.1, 0.15) is 11.5 Å². The maximum atomic E-state index is 12.8. The zero-order valence-corrected chi connectivity index (χ0v) is 14.6. The Balaban J connectivity index is 1.80. The van der Waals surface area contributed by atoms with Gasteiger partial charge in [-0.25, -0.2) is 9.97 Å². The molecule has 1 aromatic heterocycles. The Morgan fingerprint density at radius 1 is 1.29 bits per heavy atom. The number of aromatic nitrogens is 2. The molecule has 24 heavy (non-hydrogen) atoms. The lowest BCUT2D eigenvalue weighted by atomic mass is 10.2. The van der Waals surface area contributed by atoms with Gasteiger partial charge in [-0.15, -0.1) is 0 Å². The quantitative estimate of drug-likeness (QED) is 0.868. The van der Waals surface area contributed by atoms with Crippen LogP contribution < -0.4 is 0 Å². The van der Waals surface area contributed by atoms with E-state index >= 15 is 0 Å². The van der Waals surface area contributed by atoms with Crippen LogP contribution in [-0.2, 0) is 6.54 Å². The Hall–Kier alpha value is -2.27. The van der Waals surface area contributed by atoms with Crippen LogP contribution in [0.25, 0.3) is 0 Å². The van der Waals surface area contributed by atoms with E-state index in [1.54, 1.807) is 11.0 Å². The predicted octanol–water partition coefficient (Wildman–Crippen LogP) is 2.82. The molecule has 1 saturated heterocycles. The highest BCUT2D eigenvalue weighted by molar-refractivity contribution is 5.92. The van der Waals surface area contributed by atoms with Crippen molar-refractivity contribution in [3.63, 3.8) is 0 Å². The number of hydrogen-bond acceptors (Lipinski definition) is 4. The number of likely N-dealkylation sites (tertiary alicyclic amines) is 1. The van der Waals surface area contributed by atoms with Gasteiger partial charge in [-0.2, -0.15) is 0 Å². The van der Waals surface area contributed by atoms with Gasteiger partial charge in [-0.3, -0.25) is 9.69 Å². The molecule has 0 spiro atoms. The molecule has 2 heterocycles. The molecule has 0 N–H and O–H groups in total. The van der Waals surface area contributed by atoms with E-state index in [0.29, 0.717) is 12.2 Å². The summed E-state index contributed by atoms with van der Waals surface area (Å²) in [7, 11) is 3.90. The number of carbonyl (C=O) groups is 1. The molecule has 5 nitrogen and oxygen atoms in total. The molecule has 1 aromatic carbocycles. The van der Waals surface area contributed by atoms with E-state index in [-0.39, 0.29) is 11.9 Å². The number of rotatable bonds is 4. The molecule has 126 valence electrons. The standard InChI is InChI=1S/C19H24N4O/c1-14-12-16(21-18(20-14)17-10-7-11-22(17)2)19(24)23(3)13-15-8-5-4-6-9-15/h4-6,8-9,12,17H,7,10-11,13H2,1-3H3.